The summed E-state index contributed by atoms with van der Waals surface area (Å²) in [6, 6.07) is 12.0. The number of benzene rings is 2. The molecular formula is C22H29ClN2O3S. The Balaban J connectivity index is 2.34. The van der Waals surface area contributed by atoms with Crippen LogP contribution in [0.3, 0.4) is 0 Å². The molecule has 158 valence electrons. The monoisotopic (exact) mass is 436 g/mol. The summed E-state index contributed by atoms with van der Waals surface area (Å²) in [5.74, 6) is -0.343. The number of anilines is 1. The number of nitrogens with zero attached hydrogens (tertiary/aromatic N) is 1. The van der Waals surface area contributed by atoms with Crippen molar-refractivity contribution in [2.45, 2.75) is 52.6 Å². The van der Waals surface area contributed by atoms with Gasteiger partial charge in [0.05, 0.1) is 18.0 Å². The van der Waals surface area contributed by atoms with Crippen LogP contribution in [-0.4, -0.2) is 26.6 Å². The van der Waals surface area contributed by atoms with E-state index in [1.165, 1.54) is 9.87 Å². The molecule has 0 aliphatic rings. The Morgan fingerprint density at radius 2 is 1.76 bits per heavy atom. The van der Waals surface area contributed by atoms with Gasteiger partial charge in [-0.2, -0.15) is 0 Å². The second-order valence-corrected chi connectivity index (χ2v) is 9.53. The number of hydrogen-bond acceptors (Lipinski definition) is 3. The fraction of sp³-hybridized carbons (Fsp3) is 0.409. The number of carbonyl (C=O) groups is 1. The van der Waals surface area contributed by atoms with E-state index < -0.39 is 16.1 Å². The molecule has 0 heterocycles. The Bertz CT molecular complexity index is 959. The number of halogens is 1. The van der Waals surface area contributed by atoms with E-state index in [9.17, 15) is 13.2 Å². The topological polar surface area (TPSA) is 66.5 Å². The van der Waals surface area contributed by atoms with Crippen LogP contribution >= 0.6 is 11.6 Å². The summed E-state index contributed by atoms with van der Waals surface area (Å²) < 4.78 is 26.4. The van der Waals surface area contributed by atoms with Gasteiger partial charge in [0, 0.05) is 5.02 Å². The van der Waals surface area contributed by atoms with E-state index in [2.05, 4.69) is 12.2 Å². The van der Waals surface area contributed by atoms with E-state index >= 15 is 0 Å². The predicted molar refractivity (Wildman–Crippen MR) is 120 cm³/mol. The lowest BCUT2D eigenvalue weighted by atomic mass is 10.0. The van der Waals surface area contributed by atoms with Crippen LogP contribution in [0, 0.1) is 6.92 Å². The van der Waals surface area contributed by atoms with Gasteiger partial charge in [-0.1, -0.05) is 55.8 Å². The third kappa shape index (κ3) is 5.73. The zero-order valence-electron chi connectivity index (χ0n) is 17.6. The number of amides is 1. The highest BCUT2D eigenvalue weighted by molar-refractivity contribution is 7.92. The highest BCUT2D eigenvalue weighted by Gasteiger charge is 2.33. The van der Waals surface area contributed by atoms with Gasteiger partial charge in [0.25, 0.3) is 0 Å². The van der Waals surface area contributed by atoms with Crippen LogP contribution in [0.25, 0.3) is 0 Å². The molecule has 2 unspecified atom stereocenters. The standard InChI is InChI=1S/C22H29ClN2O3S/c1-6-17-9-11-18(12-10-17)16(4)24-22(26)20(7-2)25(29(5,27)28)21-14-19(23)13-8-15(21)3/h8-14,16,20H,6-7H2,1-5H3,(H,24,26). The van der Waals surface area contributed by atoms with Gasteiger partial charge >= 0.3 is 0 Å². The van der Waals surface area contributed by atoms with E-state index in [1.54, 1.807) is 32.0 Å². The van der Waals surface area contributed by atoms with Crippen molar-refractivity contribution in [2.24, 2.45) is 0 Å². The van der Waals surface area contributed by atoms with Crippen molar-refractivity contribution in [3.63, 3.8) is 0 Å². The SMILES string of the molecule is CCc1ccc(C(C)NC(=O)C(CC)N(c2cc(Cl)ccc2C)S(C)(=O)=O)cc1. The summed E-state index contributed by atoms with van der Waals surface area (Å²) in [5.41, 5.74) is 3.34. The zero-order valence-corrected chi connectivity index (χ0v) is 19.1. The summed E-state index contributed by atoms with van der Waals surface area (Å²) >= 11 is 6.11. The minimum atomic E-state index is -3.71. The first-order chi connectivity index (χ1) is 13.6. The number of carbonyl (C=O) groups excluding carboxylic acids is 1. The number of aryl methyl sites for hydroxylation is 2. The van der Waals surface area contributed by atoms with Crippen LogP contribution in [0.4, 0.5) is 5.69 Å². The van der Waals surface area contributed by atoms with Crippen LogP contribution in [0.15, 0.2) is 42.5 Å². The highest BCUT2D eigenvalue weighted by Crippen LogP contribution is 2.29. The molecule has 2 aromatic rings. The predicted octanol–water partition coefficient (Wildman–Crippen LogP) is 4.63. The Hall–Kier alpha value is -2.05. The first kappa shape index (κ1) is 23.2. The smallest absolute Gasteiger partial charge is 0.244 e. The molecule has 0 saturated heterocycles. The molecule has 1 amide bonds. The fourth-order valence-corrected chi connectivity index (χ4v) is 4.72. The molecule has 0 spiro atoms. The van der Waals surface area contributed by atoms with Crippen LogP contribution in [-0.2, 0) is 21.2 Å². The molecule has 0 radical (unpaired) electrons. The van der Waals surface area contributed by atoms with Crippen molar-refractivity contribution in [2.75, 3.05) is 10.6 Å². The number of rotatable bonds is 8. The van der Waals surface area contributed by atoms with E-state index in [-0.39, 0.29) is 11.9 Å². The minimum absolute atomic E-state index is 0.246. The number of hydrogen-bond donors (Lipinski definition) is 1. The lowest BCUT2D eigenvalue weighted by molar-refractivity contribution is -0.122. The Kier molecular flexibility index (Phi) is 7.72. The van der Waals surface area contributed by atoms with Crippen molar-refractivity contribution in [1.82, 2.24) is 5.32 Å². The van der Waals surface area contributed by atoms with E-state index in [0.29, 0.717) is 17.1 Å². The minimum Gasteiger partial charge on any atom is -0.348 e. The van der Waals surface area contributed by atoms with E-state index in [4.69, 9.17) is 11.6 Å². The maximum absolute atomic E-state index is 13.1. The van der Waals surface area contributed by atoms with Gasteiger partial charge in [-0.05, 0) is 55.5 Å². The summed E-state index contributed by atoms with van der Waals surface area (Å²) in [6.45, 7) is 7.57. The average Bonchev–Trinajstić information content (AvgIpc) is 2.67. The lowest BCUT2D eigenvalue weighted by Gasteiger charge is -2.32. The molecule has 7 heteroatoms. The molecular weight excluding hydrogens is 408 g/mol. The molecule has 0 saturated carbocycles. The maximum atomic E-state index is 13.1. The molecule has 2 aromatic carbocycles. The average molecular weight is 437 g/mol. The Morgan fingerprint density at radius 1 is 1.14 bits per heavy atom. The van der Waals surface area contributed by atoms with Gasteiger partial charge in [-0.15, -0.1) is 0 Å². The molecule has 2 atom stereocenters. The van der Waals surface area contributed by atoms with Crippen LogP contribution in [0.1, 0.15) is 49.9 Å². The fourth-order valence-electron chi connectivity index (χ4n) is 3.29. The van der Waals surface area contributed by atoms with Crippen molar-refractivity contribution in [3.05, 3.63) is 64.2 Å². The molecule has 5 nitrogen and oxygen atoms in total. The molecule has 0 aromatic heterocycles. The van der Waals surface area contributed by atoms with Gasteiger partial charge in [0.2, 0.25) is 15.9 Å². The molecule has 0 aliphatic heterocycles. The summed E-state index contributed by atoms with van der Waals surface area (Å²) in [4.78, 5) is 13.1. The second kappa shape index (κ2) is 9.63. The van der Waals surface area contributed by atoms with Gasteiger partial charge in [-0.25, -0.2) is 8.42 Å². The zero-order chi connectivity index (χ0) is 21.8. The lowest BCUT2D eigenvalue weighted by Crippen LogP contribution is -2.50. The molecule has 1 N–H and O–H groups in total. The number of sulfonamides is 1. The van der Waals surface area contributed by atoms with Crippen molar-refractivity contribution in [1.29, 1.82) is 0 Å². The quantitative estimate of drug-likeness (QED) is 0.655. The Labute approximate surface area is 179 Å². The van der Waals surface area contributed by atoms with Crippen LogP contribution < -0.4 is 9.62 Å². The summed E-state index contributed by atoms with van der Waals surface area (Å²) in [7, 11) is -3.71. The second-order valence-electron chi connectivity index (χ2n) is 7.24. The molecule has 0 aliphatic carbocycles. The maximum Gasteiger partial charge on any atom is 0.244 e. The van der Waals surface area contributed by atoms with Gasteiger partial charge in [-0.3, -0.25) is 9.10 Å². The first-order valence-corrected chi connectivity index (χ1v) is 12.0. The molecule has 29 heavy (non-hydrogen) atoms. The first-order valence-electron chi connectivity index (χ1n) is 9.73. The number of nitrogens with one attached hydrogen (secondary N) is 1. The van der Waals surface area contributed by atoms with Crippen LogP contribution in [0.5, 0.6) is 0 Å². The molecule has 0 bridgehead atoms. The largest absolute Gasteiger partial charge is 0.348 e. The van der Waals surface area contributed by atoms with Crippen molar-refractivity contribution in [3.8, 4) is 0 Å². The molecule has 0 fully saturated rings. The summed E-state index contributed by atoms with van der Waals surface area (Å²) in [6.07, 6.45) is 2.38. The normalized spacial score (nSPS) is 13.6. The Morgan fingerprint density at radius 3 is 2.28 bits per heavy atom. The summed E-state index contributed by atoms with van der Waals surface area (Å²) in [5, 5.41) is 3.38. The highest BCUT2D eigenvalue weighted by atomic mass is 35.5. The van der Waals surface area contributed by atoms with Crippen molar-refractivity contribution >= 4 is 33.2 Å². The molecule has 2 rings (SSSR count). The van der Waals surface area contributed by atoms with Crippen LogP contribution in [0.2, 0.25) is 5.02 Å². The van der Waals surface area contributed by atoms with E-state index in [1.807, 2.05) is 31.2 Å². The van der Waals surface area contributed by atoms with Crippen molar-refractivity contribution < 1.29 is 13.2 Å². The van der Waals surface area contributed by atoms with Gasteiger partial charge in [0.15, 0.2) is 0 Å². The van der Waals surface area contributed by atoms with Gasteiger partial charge in [0.1, 0.15) is 6.04 Å². The van der Waals surface area contributed by atoms with Gasteiger partial charge < -0.3 is 5.32 Å². The third-order valence-electron chi connectivity index (χ3n) is 4.99. The third-order valence-corrected chi connectivity index (χ3v) is 6.39. The van der Waals surface area contributed by atoms with E-state index in [0.717, 1.165) is 23.8 Å².